The van der Waals surface area contributed by atoms with Crippen molar-refractivity contribution in [1.82, 2.24) is 0 Å². The minimum absolute atomic E-state index is 0.214. The van der Waals surface area contributed by atoms with Crippen molar-refractivity contribution in [2.45, 2.75) is 39.3 Å². The first kappa shape index (κ1) is 17.1. The lowest BCUT2D eigenvalue weighted by atomic mass is 10.0. The van der Waals surface area contributed by atoms with Gasteiger partial charge in [-0.2, -0.15) is 0 Å². The van der Waals surface area contributed by atoms with Crippen molar-refractivity contribution in [3.05, 3.63) is 35.4 Å². The number of benzene rings is 1. The van der Waals surface area contributed by atoms with Gasteiger partial charge in [-0.15, -0.1) is 0 Å². The van der Waals surface area contributed by atoms with Crippen LogP contribution in [0.5, 0.6) is 0 Å². The van der Waals surface area contributed by atoms with E-state index in [1.807, 2.05) is 26.0 Å². The first-order valence-corrected chi connectivity index (χ1v) is 7.10. The summed E-state index contributed by atoms with van der Waals surface area (Å²) in [5, 5.41) is 0. The van der Waals surface area contributed by atoms with Gasteiger partial charge in [-0.1, -0.05) is 24.3 Å². The molecule has 1 rings (SSSR count). The first-order valence-electron chi connectivity index (χ1n) is 7.10. The third kappa shape index (κ3) is 5.59. The Morgan fingerprint density at radius 2 is 1.20 bits per heavy atom. The van der Waals surface area contributed by atoms with Gasteiger partial charge in [0.05, 0.1) is 0 Å². The summed E-state index contributed by atoms with van der Waals surface area (Å²) in [5.41, 5.74) is 2.41. The van der Waals surface area contributed by atoms with Crippen LogP contribution in [0, 0.1) is 0 Å². The molecule has 0 bridgehead atoms. The zero-order valence-electron chi connectivity index (χ0n) is 12.9. The molecule has 0 saturated carbocycles. The van der Waals surface area contributed by atoms with Crippen molar-refractivity contribution in [2.75, 3.05) is 27.4 Å². The average molecular weight is 282 g/mol. The molecule has 4 nitrogen and oxygen atoms in total. The highest BCUT2D eigenvalue weighted by atomic mass is 16.7. The molecule has 0 heterocycles. The molecule has 0 aliphatic carbocycles. The Hall–Kier alpha value is -0.940. The van der Waals surface area contributed by atoms with E-state index in [0.717, 1.165) is 12.8 Å². The van der Waals surface area contributed by atoms with Crippen molar-refractivity contribution in [3.63, 3.8) is 0 Å². The van der Waals surface area contributed by atoms with Gasteiger partial charge >= 0.3 is 0 Å². The lowest BCUT2D eigenvalue weighted by Crippen LogP contribution is -2.22. The monoisotopic (exact) mass is 282 g/mol. The van der Waals surface area contributed by atoms with Crippen molar-refractivity contribution in [2.24, 2.45) is 0 Å². The predicted octanol–water partition coefficient (Wildman–Crippen LogP) is 2.79. The predicted molar refractivity (Wildman–Crippen MR) is 78.7 cm³/mol. The third-order valence-corrected chi connectivity index (χ3v) is 3.12. The number of methoxy groups -OCH3 is 2. The van der Waals surface area contributed by atoms with E-state index in [0.29, 0.717) is 13.2 Å². The summed E-state index contributed by atoms with van der Waals surface area (Å²) in [6.45, 7) is 5.21. The van der Waals surface area contributed by atoms with Crippen molar-refractivity contribution in [1.29, 1.82) is 0 Å². The van der Waals surface area contributed by atoms with Gasteiger partial charge in [-0.25, -0.2) is 0 Å². The summed E-state index contributed by atoms with van der Waals surface area (Å²) < 4.78 is 21.8. The molecule has 2 atom stereocenters. The molecule has 20 heavy (non-hydrogen) atoms. The van der Waals surface area contributed by atoms with Crippen molar-refractivity contribution < 1.29 is 18.9 Å². The third-order valence-electron chi connectivity index (χ3n) is 3.12. The van der Waals surface area contributed by atoms with Crippen LogP contribution in [0.1, 0.15) is 25.0 Å². The lowest BCUT2D eigenvalue weighted by Gasteiger charge is -2.20. The van der Waals surface area contributed by atoms with Gasteiger partial charge < -0.3 is 18.9 Å². The Morgan fingerprint density at radius 1 is 0.800 bits per heavy atom. The molecular formula is C16H26O4. The molecule has 0 aromatic heterocycles. The Labute approximate surface area is 122 Å². The standard InChI is InChI=1S/C16H26O4/c1-5-19-15(17-3)11-13-9-7-8-10-14(13)12-16(18-4)20-6-2/h7-10,15-16H,5-6,11-12H2,1-4H3. The molecule has 0 radical (unpaired) electrons. The van der Waals surface area contributed by atoms with Crippen molar-refractivity contribution >= 4 is 0 Å². The fourth-order valence-electron chi connectivity index (χ4n) is 2.11. The van der Waals surface area contributed by atoms with Gasteiger partial charge in [0.25, 0.3) is 0 Å². The lowest BCUT2D eigenvalue weighted by molar-refractivity contribution is -0.121. The Bertz CT molecular complexity index is 332. The second-order valence-corrected chi connectivity index (χ2v) is 4.42. The van der Waals surface area contributed by atoms with E-state index in [1.54, 1.807) is 14.2 Å². The Kier molecular flexibility index (Phi) is 8.46. The molecule has 2 unspecified atom stereocenters. The summed E-state index contributed by atoms with van der Waals surface area (Å²) in [4.78, 5) is 0. The minimum Gasteiger partial charge on any atom is -0.356 e. The minimum atomic E-state index is -0.214. The molecule has 0 amide bonds. The normalized spacial score (nSPS) is 14.2. The van der Waals surface area contributed by atoms with Gasteiger partial charge in [-0.3, -0.25) is 0 Å². The van der Waals surface area contributed by atoms with E-state index < -0.39 is 0 Å². The van der Waals surface area contributed by atoms with Crippen molar-refractivity contribution in [3.8, 4) is 0 Å². The van der Waals surface area contributed by atoms with E-state index in [1.165, 1.54) is 11.1 Å². The fraction of sp³-hybridized carbons (Fsp3) is 0.625. The molecule has 1 aromatic rings. The van der Waals surface area contributed by atoms with Gasteiger partial charge in [0, 0.05) is 40.3 Å². The molecular weight excluding hydrogens is 256 g/mol. The van der Waals surface area contributed by atoms with E-state index >= 15 is 0 Å². The van der Waals surface area contributed by atoms with Gasteiger partial charge in [0.1, 0.15) is 0 Å². The number of hydrogen-bond acceptors (Lipinski definition) is 4. The number of ether oxygens (including phenoxy) is 4. The van der Waals surface area contributed by atoms with Crippen LogP contribution in [0.25, 0.3) is 0 Å². The molecule has 4 heteroatoms. The zero-order chi connectivity index (χ0) is 14.8. The quantitative estimate of drug-likeness (QED) is 0.618. The SMILES string of the molecule is CCOC(Cc1ccccc1CC(OC)OCC)OC. The Morgan fingerprint density at radius 3 is 1.50 bits per heavy atom. The van der Waals surface area contributed by atoms with Gasteiger partial charge in [-0.05, 0) is 25.0 Å². The molecule has 1 aromatic carbocycles. The second kappa shape index (κ2) is 9.88. The van der Waals surface area contributed by atoms with Crippen LogP contribution >= 0.6 is 0 Å². The van der Waals surface area contributed by atoms with Crippen LogP contribution in [-0.4, -0.2) is 40.0 Å². The van der Waals surface area contributed by atoms with Crippen LogP contribution in [0.15, 0.2) is 24.3 Å². The molecule has 0 spiro atoms. The van der Waals surface area contributed by atoms with Crippen LogP contribution in [-0.2, 0) is 31.8 Å². The fourth-order valence-corrected chi connectivity index (χ4v) is 2.11. The largest absolute Gasteiger partial charge is 0.356 e. The topological polar surface area (TPSA) is 36.9 Å². The summed E-state index contributed by atoms with van der Waals surface area (Å²) in [6, 6.07) is 8.25. The average Bonchev–Trinajstić information content (AvgIpc) is 2.48. The molecule has 0 aliphatic heterocycles. The maximum Gasteiger partial charge on any atom is 0.161 e. The van der Waals surface area contributed by atoms with E-state index in [-0.39, 0.29) is 12.6 Å². The summed E-state index contributed by atoms with van der Waals surface area (Å²) >= 11 is 0. The highest BCUT2D eigenvalue weighted by Crippen LogP contribution is 2.16. The van der Waals surface area contributed by atoms with Gasteiger partial charge in [0.2, 0.25) is 0 Å². The zero-order valence-corrected chi connectivity index (χ0v) is 12.9. The molecule has 0 aliphatic rings. The number of rotatable bonds is 10. The van der Waals surface area contributed by atoms with E-state index in [4.69, 9.17) is 18.9 Å². The van der Waals surface area contributed by atoms with Crippen LogP contribution in [0.4, 0.5) is 0 Å². The first-order chi connectivity index (χ1) is 9.74. The number of hydrogen-bond donors (Lipinski definition) is 0. The van der Waals surface area contributed by atoms with Gasteiger partial charge in [0.15, 0.2) is 12.6 Å². The summed E-state index contributed by atoms with van der Waals surface area (Å²) in [6.07, 6.45) is 1.02. The van der Waals surface area contributed by atoms with E-state index in [2.05, 4.69) is 12.1 Å². The maximum atomic E-state index is 5.54. The summed E-state index contributed by atoms with van der Waals surface area (Å²) in [7, 11) is 3.34. The molecule has 114 valence electrons. The Balaban J connectivity index is 2.76. The van der Waals surface area contributed by atoms with Crippen LogP contribution in [0.3, 0.4) is 0 Å². The van der Waals surface area contributed by atoms with Crippen LogP contribution < -0.4 is 0 Å². The maximum absolute atomic E-state index is 5.54. The molecule has 0 saturated heterocycles. The van der Waals surface area contributed by atoms with Crippen LogP contribution in [0.2, 0.25) is 0 Å². The second-order valence-electron chi connectivity index (χ2n) is 4.42. The summed E-state index contributed by atoms with van der Waals surface area (Å²) in [5.74, 6) is 0. The van der Waals surface area contributed by atoms with E-state index in [9.17, 15) is 0 Å². The molecule has 0 fully saturated rings. The highest BCUT2D eigenvalue weighted by molar-refractivity contribution is 5.28. The molecule has 0 N–H and O–H groups in total. The smallest absolute Gasteiger partial charge is 0.161 e. The highest BCUT2D eigenvalue weighted by Gasteiger charge is 2.14.